The molecule has 1 aromatic carbocycles. The lowest BCUT2D eigenvalue weighted by molar-refractivity contribution is 0.235. The fourth-order valence-electron chi connectivity index (χ4n) is 3.04. The van der Waals surface area contributed by atoms with Crippen LogP contribution in [-0.4, -0.2) is 40.9 Å². The highest BCUT2D eigenvalue weighted by Crippen LogP contribution is 2.28. The van der Waals surface area contributed by atoms with E-state index in [0.717, 1.165) is 42.7 Å². The van der Waals surface area contributed by atoms with E-state index in [1.54, 1.807) is 11.8 Å². The number of rotatable bonds is 7. The van der Waals surface area contributed by atoms with E-state index in [0.29, 0.717) is 13.2 Å². The summed E-state index contributed by atoms with van der Waals surface area (Å²) in [5.74, 6) is 1.77. The first-order chi connectivity index (χ1) is 12.2. The van der Waals surface area contributed by atoms with E-state index in [4.69, 9.17) is 9.47 Å². The average Bonchev–Trinajstić information content (AvgIpc) is 2.64. The van der Waals surface area contributed by atoms with E-state index in [9.17, 15) is 0 Å². The Morgan fingerprint density at radius 3 is 2.80 bits per heavy atom. The van der Waals surface area contributed by atoms with Crippen LogP contribution in [0.4, 0.5) is 0 Å². The quantitative estimate of drug-likeness (QED) is 0.556. The highest BCUT2D eigenvalue weighted by molar-refractivity contribution is 7.98. The zero-order valence-electron chi connectivity index (χ0n) is 15.1. The molecule has 0 saturated heterocycles. The minimum Gasteiger partial charge on any atom is -0.494 e. The van der Waals surface area contributed by atoms with Gasteiger partial charge < -0.3 is 9.47 Å². The summed E-state index contributed by atoms with van der Waals surface area (Å²) < 4.78 is 11.4. The molecule has 0 bridgehead atoms. The lowest BCUT2D eigenvalue weighted by atomic mass is 10.1. The summed E-state index contributed by atoms with van der Waals surface area (Å²) in [7, 11) is 0. The Labute approximate surface area is 153 Å². The summed E-state index contributed by atoms with van der Waals surface area (Å²) in [5, 5.41) is 0.859. The molecule has 0 fully saturated rings. The Morgan fingerprint density at radius 2 is 2.04 bits per heavy atom. The molecule has 1 aliphatic rings. The number of ether oxygens (including phenoxy) is 2. The van der Waals surface area contributed by atoms with Crippen molar-refractivity contribution in [2.75, 3.05) is 26.0 Å². The van der Waals surface area contributed by atoms with Crippen LogP contribution in [0.25, 0.3) is 0 Å². The van der Waals surface area contributed by atoms with Gasteiger partial charge in [0.15, 0.2) is 5.16 Å². The van der Waals surface area contributed by atoms with Crippen LogP contribution in [0, 0.1) is 0 Å². The van der Waals surface area contributed by atoms with Gasteiger partial charge >= 0.3 is 0 Å². The van der Waals surface area contributed by atoms with Crippen molar-refractivity contribution in [3.8, 4) is 11.5 Å². The van der Waals surface area contributed by atoms with Gasteiger partial charge in [0.1, 0.15) is 11.5 Å². The van der Waals surface area contributed by atoms with Crippen molar-refractivity contribution in [2.24, 2.45) is 0 Å². The molecule has 2 aromatic rings. The molecule has 0 aliphatic carbocycles. The van der Waals surface area contributed by atoms with Gasteiger partial charge in [-0.1, -0.05) is 17.8 Å². The zero-order chi connectivity index (χ0) is 17.6. The maximum Gasteiger partial charge on any atom is 0.187 e. The van der Waals surface area contributed by atoms with Gasteiger partial charge in [-0.25, -0.2) is 9.97 Å². The Balaban J connectivity index is 1.73. The number of hydrogen-bond acceptors (Lipinski definition) is 6. The fraction of sp³-hybridized carbons (Fsp3) is 0.474. The van der Waals surface area contributed by atoms with Crippen LogP contribution < -0.4 is 9.47 Å². The Morgan fingerprint density at radius 1 is 1.20 bits per heavy atom. The third kappa shape index (κ3) is 4.44. The molecule has 1 aromatic heterocycles. The van der Waals surface area contributed by atoms with Crippen molar-refractivity contribution in [1.82, 2.24) is 14.9 Å². The number of nitrogens with zero attached hydrogens (tertiary/aromatic N) is 3. The molecule has 0 atom stereocenters. The Hall–Kier alpha value is -1.79. The van der Waals surface area contributed by atoms with E-state index in [1.165, 1.54) is 16.8 Å². The number of thioether (sulfide) groups is 1. The number of benzene rings is 1. The molecule has 6 heteroatoms. The van der Waals surface area contributed by atoms with Crippen molar-refractivity contribution in [2.45, 2.75) is 38.5 Å². The highest BCUT2D eigenvalue weighted by atomic mass is 32.2. The van der Waals surface area contributed by atoms with E-state index in [1.807, 2.05) is 38.4 Å². The van der Waals surface area contributed by atoms with Crippen LogP contribution in [0.2, 0.25) is 0 Å². The van der Waals surface area contributed by atoms with Crippen LogP contribution in [0.15, 0.2) is 29.6 Å². The predicted octanol–water partition coefficient (Wildman–Crippen LogP) is 3.55. The number of hydrogen-bond donors (Lipinski definition) is 0. The second kappa shape index (κ2) is 8.54. The second-order valence-electron chi connectivity index (χ2n) is 5.92. The molecule has 1 aliphatic heterocycles. The van der Waals surface area contributed by atoms with Crippen molar-refractivity contribution in [3.63, 3.8) is 0 Å². The van der Waals surface area contributed by atoms with E-state index < -0.39 is 0 Å². The maximum absolute atomic E-state index is 5.83. The lowest BCUT2D eigenvalue weighted by Gasteiger charge is -2.28. The maximum atomic E-state index is 5.83. The predicted molar refractivity (Wildman–Crippen MR) is 100 cm³/mol. The van der Waals surface area contributed by atoms with Crippen LogP contribution in [-0.2, 0) is 19.5 Å². The van der Waals surface area contributed by atoms with Crippen LogP contribution in [0.3, 0.4) is 0 Å². The summed E-state index contributed by atoms with van der Waals surface area (Å²) in [6.45, 7) is 8.03. The molecule has 25 heavy (non-hydrogen) atoms. The van der Waals surface area contributed by atoms with Crippen molar-refractivity contribution >= 4 is 11.8 Å². The highest BCUT2D eigenvalue weighted by Gasteiger charge is 2.20. The first-order valence-corrected chi connectivity index (χ1v) is 9.95. The molecule has 0 spiro atoms. The first-order valence-electron chi connectivity index (χ1n) is 8.73. The topological polar surface area (TPSA) is 47.5 Å². The van der Waals surface area contributed by atoms with Gasteiger partial charge in [0, 0.05) is 49.4 Å². The van der Waals surface area contributed by atoms with Gasteiger partial charge in [-0.2, -0.15) is 0 Å². The minimum absolute atomic E-state index is 0.650. The third-order valence-electron chi connectivity index (χ3n) is 4.22. The van der Waals surface area contributed by atoms with Gasteiger partial charge in [0.2, 0.25) is 0 Å². The minimum atomic E-state index is 0.650. The normalized spacial score (nSPS) is 14.2. The van der Waals surface area contributed by atoms with Crippen LogP contribution in [0.5, 0.6) is 11.5 Å². The van der Waals surface area contributed by atoms with Gasteiger partial charge in [0.05, 0.1) is 18.9 Å². The Kier molecular flexibility index (Phi) is 6.15. The summed E-state index contributed by atoms with van der Waals surface area (Å²) >= 11 is 1.59. The van der Waals surface area contributed by atoms with Crippen molar-refractivity contribution in [1.29, 1.82) is 0 Å². The van der Waals surface area contributed by atoms with E-state index >= 15 is 0 Å². The Bertz CT molecular complexity index is 724. The van der Waals surface area contributed by atoms with Crippen molar-refractivity contribution < 1.29 is 9.47 Å². The standard InChI is InChI=1S/C19H25N3O2S/c1-4-23-16-7-6-14(18(10-16)24-5-2)12-22-9-8-17-15(13-22)11-20-19(21-17)25-3/h6-7,10-11H,4-5,8-9,12-13H2,1-3H3. The van der Waals surface area contributed by atoms with Gasteiger partial charge in [0.25, 0.3) is 0 Å². The lowest BCUT2D eigenvalue weighted by Crippen LogP contribution is -2.31. The van der Waals surface area contributed by atoms with Gasteiger partial charge in [-0.3, -0.25) is 4.90 Å². The van der Waals surface area contributed by atoms with E-state index in [-0.39, 0.29) is 0 Å². The summed E-state index contributed by atoms with van der Waals surface area (Å²) in [5.41, 5.74) is 3.61. The monoisotopic (exact) mass is 359 g/mol. The summed E-state index contributed by atoms with van der Waals surface area (Å²) in [6, 6.07) is 6.13. The smallest absolute Gasteiger partial charge is 0.187 e. The first kappa shape index (κ1) is 18.0. The van der Waals surface area contributed by atoms with Gasteiger partial charge in [-0.05, 0) is 26.2 Å². The van der Waals surface area contributed by atoms with Crippen LogP contribution >= 0.6 is 11.8 Å². The summed E-state index contributed by atoms with van der Waals surface area (Å²) in [4.78, 5) is 11.5. The summed E-state index contributed by atoms with van der Waals surface area (Å²) in [6.07, 6.45) is 4.95. The number of fused-ring (bicyclic) bond motifs is 1. The average molecular weight is 359 g/mol. The molecular weight excluding hydrogens is 334 g/mol. The molecule has 3 rings (SSSR count). The molecule has 134 valence electrons. The molecule has 0 unspecified atom stereocenters. The van der Waals surface area contributed by atoms with Crippen molar-refractivity contribution in [3.05, 3.63) is 41.2 Å². The fourth-order valence-corrected chi connectivity index (χ4v) is 3.40. The van der Waals surface area contributed by atoms with Crippen LogP contribution in [0.1, 0.15) is 30.7 Å². The molecule has 0 saturated carbocycles. The molecular formula is C19H25N3O2S. The molecule has 0 radical (unpaired) electrons. The SMILES string of the molecule is CCOc1ccc(CN2CCc3nc(SC)ncc3C2)c(OCC)c1. The molecule has 5 nitrogen and oxygen atoms in total. The molecule has 0 N–H and O–H groups in total. The second-order valence-corrected chi connectivity index (χ2v) is 6.70. The van der Waals surface area contributed by atoms with E-state index in [2.05, 4.69) is 20.9 Å². The zero-order valence-corrected chi connectivity index (χ0v) is 15.9. The largest absolute Gasteiger partial charge is 0.494 e. The van der Waals surface area contributed by atoms with Gasteiger partial charge in [-0.15, -0.1) is 0 Å². The molecule has 0 amide bonds. The molecule has 2 heterocycles. The number of aromatic nitrogens is 2. The third-order valence-corrected chi connectivity index (χ3v) is 4.78.